The van der Waals surface area contributed by atoms with Crippen LogP contribution in [0.25, 0.3) is 0 Å². The molecule has 1 amide bonds. The van der Waals surface area contributed by atoms with Gasteiger partial charge in [0.25, 0.3) is 5.91 Å². The number of anilines is 1. The number of carbonyl (C=O) groups is 1. The normalized spacial score (nSPS) is 26.9. The molecule has 3 rings (SSSR count). The Morgan fingerprint density at radius 1 is 1.16 bits per heavy atom. The second kappa shape index (κ2) is 5.21. The van der Waals surface area contributed by atoms with E-state index < -0.39 is 0 Å². The van der Waals surface area contributed by atoms with E-state index in [0.29, 0.717) is 23.3 Å². The van der Waals surface area contributed by atoms with E-state index in [2.05, 4.69) is 10.2 Å². The number of hydrogen-bond acceptors (Lipinski definition) is 3. The highest BCUT2D eigenvalue weighted by atomic mass is 16.1. The average Bonchev–Trinajstić information content (AvgIpc) is 2.83. The number of nitrogens with two attached hydrogens (primary N) is 1. The van der Waals surface area contributed by atoms with Crippen molar-refractivity contribution in [2.45, 2.75) is 37.8 Å². The molecule has 0 saturated carbocycles. The van der Waals surface area contributed by atoms with Crippen LogP contribution < -0.4 is 11.1 Å². The highest BCUT2D eigenvalue weighted by molar-refractivity contribution is 5.94. The van der Waals surface area contributed by atoms with Gasteiger partial charge in [-0.25, -0.2) is 0 Å². The van der Waals surface area contributed by atoms with Gasteiger partial charge in [-0.3, -0.25) is 9.69 Å². The number of carbonyl (C=O) groups excluding carboxylic acids is 1. The topological polar surface area (TPSA) is 58.4 Å². The maximum absolute atomic E-state index is 12.2. The largest absolute Gasteiger partial charge is 0.399 e. The van der Waals surface area contributed by atoms with Crippen LogP contribution >= 0.6 is 0 Å². The lowest BCUT2D eigenvalue weighted by atomic mass is 9.99. The molecule has 1 aromatic carbocycles. The number of rotatable bonds is 2. The predicted molar refractivity (Wildman–Crippen MR) is 75.9 cm³/mol. The van der Waals surface area contributed by atoms with Crippen molar-refractivity contribution in [3.63, 3.8) is 0 Å². The Morgan fingerprint density at radius 2 is 1.95 bits per heavy atom. The minimum atomic E-state index is 0.0254. The van der Waals surface area contributed by atoms with Crippen LogP contribution in [0, 0.1) is 0 Å². The van der Waals surface area contributed by atoms with Gasteiger partial charge in [0.15, 0.2) is 0 Å². The summed E-state index contributed by atoms with van der Waals surface area (Å²) in [6.45, 7) is 2.32. The number of nitrogen functional groups attached to an aromatic ring is 1. The van der Waals surface area contributed by atoms with Crippen LogP contribution in [-0.4, -0.2) is 36.0 Å². The molecule has 2 aliphatic heterocycles. The van der Waals surface area contributed by atoms with E-state index in [0.717, 1.165) is 13.0 Å². The van der Waals surface area contributed by atoms with E-state index in [9.17, 15) is 4.79 Å². The van der Waals surface area contributed by atoms with Gasteiger partial charge in [0, 0.05) is 29.9 Å². The molecule has 2 saturated heterocycles. The SMILES string of the molecule is Nc1ccc(C(=O)NC2CCN3CCCCC23)cc1. The van der Waals surface area contributed by atoms with Crippen molar-refractivity contribution < 1.29 is 4.79 Å². The summed E-state index contributed by atoms with van der Waals surface area (Å²) in [5.41, 5.74) is 7.03. The summed E-state index contributed by atoms with van der Waals surface area (Å²) in [5.74, 6) is 0.0254. The minimum Gasteiger partial charge on any atom is -0.399 e. The molecule has 2 atom stereocenters. The lowest BCUT2D eigenvalue weighted by molar-refractivity contribution is 0.0915. The number of hydrogen-bond donors (Lipinski definition) is 2. The van der Waals surface area contributed by atoms with Gasteiger partial charge in [0.2, 0.25) is 0 Å². The maximum atomic E-state index is 12.2. The first-order valence-electron chi connectivity index (χ1n) is 7.14. The second-order valence-electron chi connectivity index (χ2n) is 5.59. The van der Waals surface area contributed by atoms with E-state index in [-0.39, 0.29) is 5.91 Å². The van der Waals surface area contributed by atoms with Gasteiger partial charge >= 0.3 is 0 Å². The van der Waals surface area contributed by atoms with Gasteiger partial charge in [-0.2, -0.15) is 0 Å². The zero-order valence-electron chi connectivity index (χ0n) is 11.1. The Bertz CT molecular complexity index is 457. The van der Waals surface area contributed by atoms with Gasteiger partial charge in [0.05, 0.1) is 0 Å². The van der Waals surface area contributed by atoms with Gasteiger partial charge in [-0.15, -0.1) is 0 Å². The third-order valence-corrected chi connectivity index (χ3v) is 4.35. The smallest absolute Gasteiger partial charge is 0.251 e. The molecule has 102 valence electrons. The molecule has 2 fully saturated rings. The zero-order chi connectivity index (χ0) is 13.2. The van der Waals surface area contributed by atoms with E-state index in [1.165, 1.54) is 25.8 Å². The summed E-state index contributed by atoms with van der Waals surface area (Å²) in [4.78, 5) is 14.7. The van der Waals surface area contributed by atoms with Crippen molar-refractivity contribution in [2.75, 3.05) is 18.8 Å². The molecule has 0 bridgehead atoms. The summed E-state index contributed by atoms with van der Waals surface area (Å²) in [5, 5.41) is 3.19. The van der Waals surface area contributed by atoms with Crippen molar-refractivity contribution in [1.29, 1.82) is 0 Å². The minimum absolute atomic E-state index is 0.0254. The molecule has 0 spiro atoms. The van der Waals surface area contributed by atoms with Crippen LogP contribution in [0.2, 0.25) is 0 Å². The molecule has 3 N–H and O–H groups in total. The Balaban J connectivity index is 1.65. The fourth-order valence-electron chi connectivity index (χ4n) is 3.30. The molecule has 2 heterocycles. The van der Waals surface area contributed by atoms with Crippen LogP contribution in [0.4, 0.5) is 5.69 Å². The second-order valence-corrected chi connectivity index (χ2v) is 5.59. The van der Waals surface area contributed by atoms with Crippen LogP contribution in [0.5, 0.6) is 0 Å². The molecular weight excluding hydrogens is 238 g/mol. The molecule has 0 aliphatic carbocycles. The van der Waals surface area contributed by atoms with Crippen LogP contribution in [0.15, 0.2) is 24.3 Å². The van der Waals surface area contributed by atoms with Crippen molar-refractivity contribution in [3.8, 4) is 0 Å². The first-order chi connectivity index (χ1) is 9.24. The summed E-state index contributed by atoms with van der Waals surface area (Å²) in [6.07, 6.45) is 4.88. The molecule has 4 nitrogen and oxygen atoms in total. The zero-order valence-corrected chi connectivity index (χ0v) is 11.1. The standard InChI is InChI=1S/C15H21N3O/c16-12-6-4-11(5-7-12)15(19)17-13-8-10-18-9-2-1-3-14(13)18/h4-7,13-14H,1-3,8-10,16H2,(H,17,19). The Hall–Kier alpha value is -1.55. The number of amides is 1. The van der Waals surface area contributed by atoms with Crippen molar-refractivity contribution >= 4 is 11.6 Å². The van der Waals surface area contributed by atoms with Crippen molar-refractivity contribution in [1.82, 2.24) is 10.2 Å². The first-order valence-corrected chi connectivity index (χ1v) is 7.14. The number of nitrogens with zero attached hydrogens (tertiary/aromatic N) is 1. The molecule has 4 heteroatoms. The summed E-state index contributed by atoms with van der Waals surface area (Å²) < 4.78 is 0. The van der Waals surface area contributed by atoms with Crippen LogP contribution in [0.1, 0.15) is 36.0 Å². The molecule has 1 aromatic rings. The van der Waals surface area contributed by atoms with Gasteiger partial charge in [0.1, 0.15) is 0 Å². The van der Waals surface area contributed by atoms with E-state index in [4.69, 9.17) is 5.73 Å². The summed E-state index contributed by atoms with van der Waals surface area (Å²) in [6, 6.07) is 7.99. The third kappa shape index (κ3) is 2.59. The van der Waals surface area contributed by atoms with Crippen LogP contribution in [-0.2, 0) is 0 Å². The molecule has 0 radical (unpaired) electrons. The lowest BCUT2D eigenvalue weighted by Gasteiger charge is -2.32. The monoisotopic (exact) mass is 259 g/mol. The summed E-state index contributed by atoms with van der Waals surface area (Å²) >= 11 is 0. The molecule has 2 unspecified atom stereocenters. The fraction of sp³-hybridized carbons (Fsp3) is 0.533. The third-order valence-electron chi connectivity index (χ3n) is 4.35. The highest BCUT2D eigenvalue weighted by Gasteiger charge is 2.36. The fourth-order valence-corrected chi connectivity index (χ4v) is 3.30. The maximum Gasteiger partial charge on any atom is 0.251 e. The number of benzene rings is 1. The Kier molecular flexibility index (Phi) is 3.42. The average molecular weight is 259 g/mol. The van der Waals surface area contributed by atoms with Gasteiger partial charge in [-0.1, -0.05) is 6.42 Å². The molecule has 0 aromatic heterocycles. The van der Waals surface area contributed by atoms with E-state index in [1.54, 1.807) is 24.3 Å². The number of fused-ring (bicyclic) bond motifs is 1. The molecular formula is C15H21N3O. The van der Waals surface area contributed by atoms with Crippen molar-refractivity contribution in [3.05, 3.63) is 29.8 Å². The van der Waals surface area contributed by atoms with E-state index >= 15 is 0 Å². The lowest BCUT2D eigenvalue weighted by Crippen LogP contribution is -2.46. The molecule has 2 aliphatic rings. The Morgan fingerprint density at radius 3 is 2.74 bits per heavy atom. The van der Waals surface area contributed by atoms with E-state index in [1.807, 2.05) is 0 Å². The number of piperidine rings is 1. The van der Waals surface area contributed by atoms with Gasteiger partial charge in [-0.05, 0) is 50.1 Å². The molecule has 19 heavy (non-hydrogen) atoms. The highest BCUT2D eigenvalue weighted by Crippen LogP contribution is 2.27. The van der Waals surface area contributed by atoms with Gasteiger partial charge < -0.3 is 11.1 Å². The summed E-state index contributed by atoms with van der Waals surface area (Å²) in [7, 11) is 0. The number of nitrogens with one attached hydrogen (secondary N) is 1. The Labute approximate surface area is 114 Å². The quantitative estimate of drug-likeness (QED) is 0.794. The predicted octanol–water partition coefficient (Wildman–Crippen LogP) is 1.63. The first kappa shape index (κ1) is 12.5. The van der Waals surface area contributed by atoms with Crippen molar-refractivity contribution in [2.24, 2.45) is 0 Å². The van der Waals surface area contributed by atoms with Crippen LogP contribution in [0.3, 0.4) is 0 Å².